The number of rotatable bonds is 7. The molecule has 172 valence electrons. The molecule has 0 bridgehead atoms. The maximum Gasteiger partial charge on any atom is 0.231 e. The Kier molecular flexibility index (Phi) is 11.5. The Hall–Kier alpha value is 0.274. The summed E-state index contributed by atoms with van der Waals surface area (Å²) < 4.78 is 11.8. The molecule has 28 heavy (non-hydrogen) atoms. The monoisotopic (exact) mass is 436 g/mol. The summed E-state index contributed by atoms with van der Waals surface area (Å²) in [4.78, 5) is 4.31. The fraction of sp³-hybridized carbons (Fsp3) is 1.00. The van der Waals surface area contributed by atoms with Crippen molar-refractivity contribution in [2.24, 2.45) is 16.2 Å². The molecule has 0 aliphatic rings. The summed E-state index contributed by atoms with van der Waals surface area (Å²) in [7, 11) is -3.42. The van der Waals surface area contributed by atoms with Crippen LogP contribution in [-0.4, -0.2) is 27.5 Å². The molecule has 0 amide bonds. The summed E-state index contributed by atoms with van der Waals surface area (Å²) in [5.74, 6) is 0. The van der Waals surface area contributed by atoms with Gasteiger partial charge in [0.1, 0.15) is 0 Å². The molecule has 0 aromatic heterocycles. The summed E-state index contributed by atoms with van der Waals surface area (Å²) in [5.41, 5.74) is 0.411. The molecule has 1 N–H and O–H groups in total. The van der Waals surface area contributed by atoms with Gasteiger partial charge >= 0.3 is 0 Å². The molecule has 0 saturated carbocycles. The molecule has 0 heterocycles. The van der Waals surface area contributed by atoms with Crippen LogP contribution in [0.1, 0.15) is 82.6 Å². The van der Waals surface area contributed by atoms with Crippen LogP contribution in [0, 0.1) is 16.2 Å². The quantitative estimate of drug-likeness (QED) is 0.248. The molecule has 0 aliphatic carbocycles. The van der Waals surface area contributed by atoms with Crippen LogP contribution < -0.4 is 0 Å². The molecular formula is C22H52O4Si2. The molecule has 0 fully saturated rings. The van der Waals surface area contributed by atoms with Crippen LogP contribution in [0.25, 0.3) is 0 Å². The summed E-state index contributed by atoms with van der Waals surface area (Å²) in [6.45, 7) is 32.7. The predicted octanol–water partition coefficient (Wildman–Crippen LogP) is 8.13. The van der Waals surface area contributed by atoms with Crippen molar-refractivity contribution in [3.05, 3.63) is 0 Å². The average molecular weight is 437 g/mol. The molecule has 0 saturated heterocycles. The zero-order chi connectivity index (χ0) is 23.2. The van der Waals surface area contributed by atoms with Crippen molar-refractivity contribution in [3.63, 3.8) is 0 Å². The molecule has 4 nitrogen and oxygen atoms in total. The average Bonchev–Trinajstić information content (AvgIpc) is 2.29. The zero-order valence-electron chi connectivity index (χ0n) is 21.8. The van der Waals surface area contributed by atoms with Crippen molar-refractivity contribution in [2.45, 2.75) is 126 Å². The molecule has 0 aliphatic heterocycles. The third-order valence-electron chi connectivity index (χ3n) is 3.61. The van der Waals surface area contributed by atoms with E-state index < -0.39 is 22.2 Å². The van der Waals surface area contributed by atoms with Gasteiger partial charge in [0, 0.05) is 0 Å². The first-order chi connectivity index (χ1) is 11.9. The van der Waals surface area contributed by atoms with Crippen molar-refractivity contribution < 1.29 is 19.3 Å². The van der Waals surface area contributed by atoms with Crippen LogP contribution in [0.2, 0.25) is 38.3 Å². The van der Waals surface area contributed by atoms with Gasteiger partial charge in [-0.25, -0.2) is 4.89 Å². The molecule has 0 rings (SSSR count). The van der Waals surface area contributed by atoms with Crippen molar-refractivity contribution >= 4 is 16.6 Å². The third-order valence-corrected chi connectivity index (χ3v) is 8.67. The number of hydrogen-bond donors (Lipinski definition) is 1. The second-order valence-electron chi connectivity index (χ2n) is 13.7. The van der Waals surface area contributed by atoms with Gasteiger partial charge in [-0.1, -0.05) is 62.3 Å². The standard InChI is InChI=1S/C14H34O2Si2.C8H18O2/c1-13(2,3)11-17(7,8)15-16-18(9,10)12-14(4,5)6;1-7(2,3)6-8(4,5)10-9/h11-12H2,1-10H3;9H,6H2,1-5H3. The molecule has 0 spiro atoms. The Balaban J connectivity index is 0. The van der Waals surface area contributed by atoms with Gasteiger partial charge in [0.15, 0.2) is 0 Å². The summed E-state index contributed by atoms with van der Waals surface area (Å²) >= 11 is 0. The van der Waals surface area contributed by atoms with E-state index in [-0.39, 0.29) is 5.41 Å². The van der Waals surface area contributed by atoms with E-state index in [1.54, 1.807) is 0 Å². The molecule has 0 radical (unpaired) electrons. The molecule has 6 heteroatoms. The smallest absolute Gasteiger partial charge is 0.231 e. The Labute approximate surface area is 178 Å². The van der Waals surface area contributed by atoms with E-state index in [1.807, 2.05) is 13.8 Å². The van der Waals surface area contributed by atoms with Gasteiger partial charge in [0.2, 0.25) is 16.6 Å². The van der Waals surface area contributed by atoms with E-state index >= 15 is 0 Å². The Morgan fingerprint density at radius 1 is 0.571 bits per heavy atom. The molecule has 0 atom stereocenters. The molecule has 0 aromatic carbocycles. The first-order valence-corrected chi connectivity index (χ1v) is 16.8. The van der Waals surface area contributed by atoms with Gasteiger partial charge in [-0.3, -0.25) is 14.4 Å². The van der Waals surface area contributed by atoms with Crippen LogP contribution in [-0.2, 0) is 14.0 Å². The maximum atomic E-state index is 8.46. The summed E-state index contributed by atoms with van der Waals surface area (Å²) in [6.07, 6.45) is 0.844. The van der Waals surface area contributed by atoms with Gasteiger partial charge in [-0.15, -0.1) is 0 Å². The van der Waals surface area contributed by atoms with E-state index in [1.165, 1.54) is 0 Å². The lowest BCUT2D eigenvalue weighted by molar-refractivity contribution is -0.318. The fourth-order valence-corrected chi connectivity index (χ4v) is 11.2. The normalized spacial score (nSPS) is 14.6. The second kappa shape index (κ2) is 10.5. The van der Waals surface area contributed by atoms with E-state index in [0.29, 0.717) is 10.8 Å². The first-order valence-electron chi connectivity index (χ1n) is 10.6. The van der Waals surface area contributed by atoms with E-state index in [4.69, 9.17) is 14.4 Å². The molecule has 0 unspecified atom stereocenters. The zero-order valence-corrected chi connectivity index (χ0v) is 23.8. The third kappa shape index (κ3) is 21.0. The lowest BCUT2D eigenvalue weighted by Crippen LogP contribution is -2.42. The minimum Gasteiger partial charge on any atom is -0.298 e. The van der Waals surface area contributed by atoms with Gasteiger partial charge in [0.25, 0.3) is 0 Å². The largest absolute Gasteiger partial charge is 0.298 e. The van der Waals surface area contributed by atoms with Crippen LogP contribution in [0.15, 0.2) is 0 Å². The second-order valence-corrected chi connectivity index (χ2v) is 21.8. The van der Waals surface area contributed by atoms with Gasteiger partial charge in [0.05, 0.1) is 5.60 Å². The van der Waals surface area contributed by atoms with Gasteiger partial charge in [-0.2, -0.15) is 0 Å². The van der Waals surface area contributed by atoms with Crippen LogP contribution in [0.5, 0.6) is 0 Å². The van der Waals surface area contributed by atoms with Crippen LogP contribution >= 0.6 is 0 Å². The lowest BCUT2D eigenvalue weighted by Gasteiger charge is -2.35. The summed E-state index contributed by atoms with van der Waals surface area (Å²) in [6, 6.07) is 2.25. The highest BCUT2D eigenvalue weighted by Gasteiger charge is 2.36. The van der Waals surface area contributed by atoms with Crippen molar-refractivity contribution in [2.75, 3.05) is 0 Å². The predicted molar refractivity (Wildman–Crippen MR) is 128 cm³/mol. The summed E-state index contributed by atoms with van der Waals surface area (Å²) in [5, 5.41) is 8.46. The fourth-order valence-electron chi connectivity index (χ4n) is 4.15. The van der Waals surface area contributed by atoms with Crippen molar-refractivity contribution in [3.8, 4) is 0 Å². The topological polar surface area (TPSA) is 47.9 Å². The van der Waals surface area contributed by atoms with Crippen LogP contribution in [0.4, 0.5) is 0 Å². The maximum absolute atomic E-state index is 8.46. The van der Waals surface area contributed by atoms with Crippen molar-refractivity contribution in [1.29, 1.82) is 0 Å². The minimum absolute atomic E-state index is 0.201. The highest BCUT2D eigenvalue weighted by atomic mass is 28.4. The van der Waals surface area contributed by atoms with Gasteiger partial charge in [-0.05, 0) is 74.8 Å². The minimum atomic E-state index is -1.71. The Morgan fingerprint density at radius 2 is 0.857 bits per heavy atom. The lowest BCUT2D eigenvalue weighted by atomic mass is 9.84. The molecular weight excluding hydrogens is 384 g/mol. The molecule has 0 aromatic rings. The van der Waals surface area contributed by atoms with E-state index in [2.05, 4.69) is 93.4 Å². The highest BCUT2D eigenvalue weighted by Crippen LogP contribution is 2.32. The SMILES string of the molecule is CC(C)(C)CC(C)(C)OO.CC(C)(C)C[Si](C)(C)OO[Si](C)(C)CC(C)(C)C. The van der Waals surface area contributed by atoms with Crippen LogP contribution in [0.3, 0.4) is 0 Å². The van der Waals surface area contributed by atoms with E-state index in [9.17, 15) is 0 Å². The van der Waals surface area contributed by atoms with E-state index in [0.717, 1.165) is 18.5 Å². The first kappa shape index (κ1) is 30.5. The van der Waals surface area contributed by atoms with Crippen molar-refractivity contribution in [1.82, 2.24) is 0 Å². The highest BCUT2D eigenvalue weighted by molar-refractivity contribution is 6.74. The Bertz CT molecular complexity index is 411. The van der Waals surface area contributed by atoms with Gasteiger partial charge < -0.3 is 0 Å². The Morgan fingerprint density at radius 3 is 1.00 bits per heavy atom. The number of hydrogen-bond acceptors (Lipinski definition) is 4.